The van der Waals surface area contributed by atoms with Gasteiger partial charge in [-0.3, -0.25) is 0 Å². The maximum atomic E-state index is 5.10. The fourth-order valence-corrected chi connectivity index (χ4v) is 3.74. The van der Waals surface area contributed by atoms with Crippen LogP contribution in [-0.4, -0.2) is 53.8 Å². The molecule has 0 aliphatic carbocycles. The summed E-state index contributed by atoms with van der Waals surface area (Å²) in [4.78, 5) is 14.7. The third kappa shape index (κ3) is 4.99. The minimum Gasteiger partial charge on any atom is -0.363 e. The van der Waals surface area contributed by atoms with Gasteiger partial charge in [-0.25, -0.2) is 9.98 Å². The van der Waals surface area contributed by atoms with Crippen LogP contribution in [0.15, 0.2) is 9.98 Å². The van der Waals surface area contributed by atoms with Crippen molar-refractivity contribution < 1.29 is 0 Å². The molecule has 0 aromatic rings. The summed E-state index contributed by atoms with van der Waals surface area (Å²) in [6.07, 6.45) is 5.90. The molecular formula is C18H34N4. The standard InChI is InChI=1S/C18H34N4/c1-17(2,3)14-18(4,5)20-16(22-12-7-8-13-22)19-15-10-9-11-21(15)6/h7-14H2,1-6H3/b19-15-,20-16-. The molecule has 2 fully saturated rings. The first-order valence-electron chi connectivity index (χ1n) is 8.80. The summed E-state index contributed by atoms with van der Waals surface area (Å²) in [6, 6.07) is 0. The van der Waals surface area contributed by atoms with E-state index in [1.54, 1.807) is 0 Å². The van der Waals surface area contributed by atoms with Crippen molar-refractivity contribution in [2.45, 2.75) is 72.3 Å². The van der Waals surface area contributed by atoms with Gasteiger partial charge in [0.05, 0.1) is 5.54 Å². The van der Waals surface area contributed by atoms with Gasteiger partial charge < -0.3 is 9.80 Å². The summed E-state index contributed by atoms with van der Waals surface area (Å²) in [5.41, 5.74) is 0.206. The predicted molar refractivity (Wildman–Crippen MR) is 95.7 cm³/mol. The highest BCUT2D eigenvalue weighted by Crippen LogP contribution is 2.30. The molecular weight excluding hydrogens is 272 g/mol. The lowest BCUT2D eigenvalue weighted by atomic mass is 9.82. The fourth-order valence-electron chi connectivity index (χ4n) is 3.74. The molecule has 2 heterocycles. The molecule has 2 aliphatic rings. The van der Waals surface area contributed by atoms with Gasteiger partial charge in [-0.2, -0.15) is 0 Å². The highest BCUT2D eigenvalue weighted by Gasteiger charge is 2.28. The molecule has 0 N–H and O–H groups in total. The number of aliphatic imine (C=N–C) groups is 2. The van der Waals surface area contributed by atoms with Gasteiger partial charge in [-0.1, -0.05) is 20.8 Å². The Bertz CT molecular complexity index is 436. The lowest BCUT2D eigenvalue weighted by Gasteiger charge is -2.31. The minimum atomic E-state index is -0.0720. The van der Waals surface area contributed by atoms with E-state index < -0.39 is 0 Å². The van der Waals surface area contributed by atoms with Crippen LogP contribution in [0.25, 0.3) is 0 Å². The zero-order valence-corrected chi connectivity index (χ0v) is 15.4. The first-order chi connectivity index (χ1) is 10.2. The molecule has 0 saturated carbocycles. The van der Waals surface area contributed by atoms with Crippen molar-refractivity contribution in [2.24, 2.45) is 15.4 Å². The highest BCUT2D eigenvalue weighted by atomic mass is 15.3. The maximum absolute atomic E-state index is 5.10. The van der Waals surface area contributed by atoms with Gasteiger partial charge in [0.2, 0.25) is 5.96 Å². The third-order valence-electron chi connectivity index (χ3n) is 4.32. The molecule has 0 radical (unpaired) electrons. The van der Waals surface area contributed by atoms with E-state index >= 15 is 0 Å². The Morgan fingerprint density at radius 1 is 1.00 bits per heavy atom. The van der Waals surface area contributed by atoms with Crippen molar-refractivity contribution >= 4 is 11.8 Å². The molecule has 0 aromatic carbocycles. The fraction of sp³-hybridized carbons (Fsp3) is 0.889. The maximum Gasteiger partial charge on any atom is 0.222 e. The van der Waals surface area contributed by atoms with Crippen molar-refractivity contribution in [3.8, 4) is 0 Å². The summed E-state index contributed by atoms with van der Waals surface area (Å²) >= 11 is 0. The van der Waals surface area contributed by atoms with Crippen LogP contribution in [0.4, 0.5) is 0 Å². The Labute approximate surface area is 136 Å². The molecule has 0 unspecified atom stereocenters. The van der Waals surface area contributed by atoms with E-state index in [0.717, 1.165) is 38.4 Å². The number of amidine groups is 1. The first kappa shape index (κ1) is 17.3. The van der Waals surface area contributed by atoms with E-state index in [0.29, 0.717) is 0 Å². The quantitative estimate of drug-likeness (QED) is 0.574. The second-order valence-electron chi connectivity index (χ2n) is 8.71. The van der Waals surface area contributed by atoms with Gasteiger partial charge in [0.25, 0.3) is 0 Å². The van der Waals surface area contributed by atoms with E-state index in [9.17, 15) is 0 Å². The van der Waals surface area contributed by atoms with E-state index in [4.69, 9.17) is 9.98 Å². The molecule has 0 amide bonds. The average molecular weight is 306 g/mol. The van der Waals surface area contributed by atoms with Crippen LogP contribution in [0, 0.1) is 5.41 Å². The second kappa shape index (κ2) is 6.59. The number of hydrogen-bond donors (Lipinski definition) is 0. The largest absolute Gasteiger partial charge is 0.363 e. The third-order valence-corrected chi connectivity index (χ3v) is 4.32. The van der Waals surface area contributed by atoms with Crippen molar-refractivity contribution in [1.82, 2.24) is 9.80 Å². The second-order valence-corrected chi connectivity index (χ2v) is 8.71. The van der Waals surface area contributed by atoms with E-state index in [1.165, 1.54) is 25.1 Å². The first-order valence-corrected chi connectivity index (χ1v) is 8.80. The predicted octanol–water partition coefficient (Wildman–Crippen LogP) is 3.78. The SMILES string of the molecule is CN1CCC/C1=N/C(=N/C(C)(C)CC(C)(C)C)N1CCCC1. The Morgan fingerprint density at radius 3 is 2.14 bits per heavy atom. The van der Waals surface area contributed by atoms with Crippen LogP contribution in [0.5, 0.6) is 0 Å². The summed E-state index contributed by atoms with van der Waals surface area (Å²) in [5, 5.41) is 0. The van der Waals surface area contributed by atoms with Crippen molar-refractivity contribution in [3.05, 3.63) is 0 Å². The van der Waals surface area contributed by atoms with Crippen LogP contribution in [0.2, 0.25) is 0 Å². The molecule has 0 atom stereocenters. The topological polar surface area (TPSA) is 31.2 Å². The lowest BCUT2D eigenvalue weighted by Crippen LogP contribution is -2.34. The van der Waals surface area contributed by atoms with Gasteiger partial charge in [-0.15, -0.1) is 0 Å². The van der Waals surface area contributed by atoms with Gasteiger partial charge in [0, 0.05) is 33.1 Å². The van der Waals surface area contributed by atoms with E-state index in [2.05, 4.69) is 51.5 Å². The van der Waals surface area contributed by atoms with Gasteiger partial charge in [0.1, 0.15) is 5.84 Å². The number of likely N-dealkylation sites (tertiary alicyclic amines) is 2. The summed E-state index contributed by atoms with van der Waals surface area (Å²) in [5.74, 6) is 2.17. The Hall–Kier alpha value is -1.06. The van der Waals surface area contributed by atoms with Gasteiger partial charge >= 0.3 is 0 Å². The molecule has 22 heavy (non-hydrogen) atoms. The zero-order chi connectivity index (χ0) is 16.4. The number of rotatable bonds is 2. The molecule has 2 rings (SSSR count). The Morgan fingerprint density at radius 2 is 1.64 bits per heavy atom. The number of hydrogen-bond acceptors (Lipinski definition) is 1. The molecule has 2 aliphatic heterocycles. The summed E-state index contributed by atoms with van der Waals surface area (Å²) in [6.45, 7) is 14.7. The normalized spacial score (nSPS) is 23.0. The average Bonchev–Trinajstić information content (AvgIpc) is 2.97. The van der Waals surface area contributed by atoms with Crippen molar-refractivity contribution in [1.29, 1.82) is 0 Å². The Kier molecular flexibility index (Phi) is 5.18. The molecule has 0 spiro atoms. The monoisotopic (exact) mass is 306 g/mol. The van der Waals surface area contributed by atoms with Crippen LogP contribution >= 0.6 is 0 Å². The molecule has 2 saturated heterocycles. The molecule has 126 valence electrons. The minimum absolute atomic E-state index is 0.0720. The van der Waals surface area contributed by atoms with Crippen molar-refractivity contribution in [2.75, 3.05) is 26.7 Å². The van der Waals surface area contributed by atoms with Crippen molar-refractivity contribution in [3.63, 3.8) is 0 Å². The summed E-state index contributed by atoms with van der Waals surface area (Å²) in [7, 11) is 2.15. The van der Waals surface area contributed by atoms with E-state index in [1.807, 2.05) is 0 Å². The highest BCUT2D eigenvalue weighted by molar-refractivity contribution is 5.97. The van der Waals surface area contributed by atoms with Crippen LogP contribution < -0.4 is 0 Å². The molecule has 4 nitrogen and oxygen atoms in total. The Balaban J connectivity index is 2.25. The smallest absolute Gasteiger partial charge is 0.222 e. The molecule has 4 heteroatoms. The van der Waals surface area contributed by atoms with Crippen LogP contribution in [-0.2, 0) is 0 Å². The molecule has 0 aromatic heterocycles. The number of guanidine groups is 1. The lowest BCUT2D eigenvalue weighted by molar-refractivity contribution is 0.285. The van der Waals surface area contributed by atoms with E-state index in [-0.39, 0.29) is 11.0 Å². The van der Waals surface area contributed by atoms with Crippen LogP contribution in [0.3, 0.4) is 0 Å². The molecule has 0 bridgehead atoms. The zero-order valence-electron chi connectivity index (χ0n) is 15.4. The van der Waals surface area contributed by atoms with Crippen LogP contribution in [0.1, 0.15) is 66.7 Å². The van der Waals surface area contributed by atoms with Gasteiger partial charge in [-0.05, 0) is 44.9 Å². The number of nitrogens with zero attached hydrogens (tertiary/aromatic N) is 4. The summed E-state index contributed by atoms with van der Waals surface area (Å²) < 4.78 is 0. The van der Waals surface area contributed by atoms with Gasteiger partial charge in [0.15, 0.2) is 0 Å².